The summed E-state index contributed by atoms with van der Waals surface area (Å²) in [4.78, 5) is 20.4. The third kappa shape index (κ3) is 5.26. The number of carbonyl (C=O) groups is 1. The molecule has 3 aromatic carbocycles. The molecular weight excluding hydrogens is 452 g/mol. The van der Waals surface area contributed by atoms with Crippen LogP contribution < -0.4 is 4.74 Å². The van der Waals surface area contributed by atoms with Crippen molar-refractivity contribution in [1.82, 2.24) is 4.90 Å². The molecule has 4 rings (SSSR count). The van der Waals surface area contributed by atoms with Gasteiger partial charge in [-0.2, -0.15) is 0 Å². The minimum absolute atomic E-state index is 0.0222. The Balaban J connectivity index is 1.75. The van der Waals surface area contributed by atoms with Gasteiger partial charge < -0.3 is 4.74 Å². The number of ether oxygens (including phenoxy) is 1. The first-order valence-electron chi connectivity index (χ1n) is 11.0. The summed E-state index contributed by atoms with van der Waals surface area (Å²) in [5, 5.41) is 3.58. The van der Waals surface area contributed by atoms with E-state index in [-0.39, 0.29) is 18.0 Å². The molecule has 0 unspecified atom stereocenters. The molecule has 1 saturated heterocycles. The Morgan fingerprint density at radius 1 is 1.03 bits per heavy atom. The van der Waals surface area contributed by atoms with Crippen LogP contribution in [0.1, 0.15) is 38.8 Å². The largest absolute Gasteiger partial charge is 0.488 e. The van der Waals surface area contributed by atoms with Crippen LogP contribution in [0, 0.1) is 0 Å². The Labute approximate surface area is 204 Å². The number of carbonyl (C=O) groups excluding carboxylic acids is 1. The number of halogens is 1. The van der Waals surface area contributed by atoms with Crippen molar-refractivity contribution in [1.29, 1.82) is 0 Å². The average molecular weight is 479 g/mol. The summed E-state index contributed by atoms with van der Waals surface area (Å²) in [5.74, 6) is 0.709. The van der Waals surface area contributed by atoms with Gasteiger partial charge >= 0.3 is 0 Å². The summed E-state index contributed by atoms with van der Waals surface area (Å²) in [7, 11) is 0. The molecule has 0 radical (unpaired) electrons. The van der Waals surface area contributed by atoms with Crippen LogP contribution in [-0.2, 0) is 11.4 Å². The normalized spacial score (nSPS) is 16.7. The van der Waals surface area contributed by atoms with Crippen molar-refractivity contribution in [3.63, 3.8) is 0 Å². The van der Waals surface area contributed by atoms with Crippen molar-refractivity contribution >= 4 is 51.3 Å². The quantitative estimate of drug-likeness (QED) is 0.353. The van der Waals surface area contributed by atoms with E-state index in [9.17, 15) is 4.79 Å². The number of benzene rings is 3. The minimum atomic E-state index is -0.0222. The van der Waals surface area contributed by atoms with E-state index in [2.05, 4.69) is 12.1 Å². The molecule has 0 N–H and O–H groups in total. The van der Waals surface area contributed by atoms with Crippen molar-refractivity contribution in [2.45, 2.75) is 46.4 Å². The van der Waals surface area contributed by atoms with Crippen LogP contribution in [-0.4, -0.2) is 28.1 Å². The van der Waals surface area contributed by atoms with Crippen LogP contribution >= 0.6 is 23.4 Å². The number of nitrogens with zero attached hydrogens (tertiary/aromatic N) is 2. The third-order valence-corrected chi connectivity index (χ3v) is 6.48. The summed E-state index contributed by atoms with van der Waals surface area (Å²) in [5.41, 5.74) is 1.92. The summed E-state index contributed by atoms with van der Waals surface area (Å²) in [6, 6.07) is 19.9. The van der Waals surface area contributed by atoms with Gasteiger partial charge in [0.15, 0.2) is 5.17 Å². The first kappa shape index (κ1) is 23.4. The molecule has 33 heavy (non-hydrogen) atoms. The summed E-state index contributed by atoms with van der Waals surface area (Å²) >= 11 is 7.44. The smallest absolute Gasteiger partial charge is 0.266 e. The first-order valence-corrected chi connectivity index (χ1v) is 12.2. The number of fused-ring (bicyclic) bond motifs is 1. The molecule has 0 saturated carbocycles. The van der Waals surface area contributed by atoms with Crippen LogP contribution in [0.2, 0.25) is 5.02 Å². The summed E-state index contributed by atoms with van der Waals surface area (Å²) in [6.07, 6.45) is 1.95. The van der Waals surface area contributed by atoms with Gasteiger partial charge in [0.2, 0.25) is 0 Å². The standard InChI is InChI=1S/C27H27ClN2O2S/c1-17(2)29-27-30(18(3)4)26(31)25(33-27)15-23-22-8-6-5-7-20(22)11-14-24(23)32-16-19-9-12-21(28)13-10-19/h5-15,17-18H,16H2,1-4H3/b25-15+,29-27?. The van der Waals surface area contributed by atoms with Gasteiger partial charge in [0.05, 0.1) is 4.91 Å². The number of amides is 1. The molecule has 1 aliphatic heterocycles. The Bertz CT molecular complexity index is 1230. The van der Waals surface area contributed by atoms with Crippen molar-refractivity contribution < 1.29 is 9.53 Å². The Morgan fingerprint density at radius 3 is 2.45 bits per heavy atom. The van der Waals surface area contributed by atoms with Gasteiger partial charge in [-0.25, -0.2) is 0 Å². The molecule has 1 heterocycles. The van der Waals surface area contributed by atoms with Gasteiger partial charge in [0, 0.05) is 22.7 Å². The number of aliphatic imine (C=N–C) groups is 1. The molecule has 0 aliphatic carbocycles. The molecule has 1 amide bonds. The lowest BCUT2D eigenvalue weighted by molar-refractivity contribution is -0.123. The highest BCUT2D eigenvalue weighted by Gasteiger charge is 2.35. The van der Waals surface area contributed by atoms with Crippen molar-refractivity contribution in [3.05, 3.63) is 81.7 Å². The maximum atomic E-state index is 13.3. The molecule has 3 aromatic rings. The number of amidine groups is 1. The van der Waals surface area contributed by atoms with E-state index < -0.39 is 0 Å². The molecule has 0 bridgehead atoms. The van der Waals surface area contributed by atoms with Crippen LogP contribution in [0.3, 0.4) is 0 Å². The Kier molecular flexibility index (Phi) is 7.11. The highest BCUT2D eigenvalue weighted by molar-refractivity contribution is 8.18. The van der Waals surface area contributed by atoms with E-state index in [1.54, 1.807) is 4.90 Å². The van der Waals surface area contributed by atoms with Gasteiger partial charge in [-0.05, 0) is 80.1 Å². The molecule has 0 spiro atoms. The number of hydrogen-bond donors (Lipinski definition) is 0. The summed E-state index contributed by atoms with van der Waals surface area (Å²) in [6.45, 7) is 8.47. The number of thioether (sulfide) groups is 1. The molecule has 4 nitrogen and oxygen atoms in total. The van der Waals surface area contributed by atoms with E-state index >= 15 is 0 Å². The highest BCUT2D eigenvalue weighted by Crippen LogP contribution is 2.38. The zero-order valence-corrected chi connectivity index (χ0v) is 20.8. The first-order chi connectivity index (χ1) is 15.8. The van der Waals surface area contributed by atoms with E-state index in [0.29, 0.717) is 16.5 Å². The van der Waals surface area contributed by atoms with Gasteiger partial charge in [-0.3, -0.25) is 14.7 Å². The van der Waals surface area contributed by atoms with Crippen molar-refractivity contribution in [2.75, 3.05) is 0 Å². The van der Waals surface area contributed by atoms with Gasteiger partial charge in [0.25, 0.3) is 5.91 Å². The fourth-order valence-electron chi connectivity index (χ4n) is 3.68. The van der Waals surface area contributed by atoms with Gasteiger partial charge in [-0.1, -0.05) is 54.1 Å². The predicted molar refractivity (Wildman–Crippen MR) is 140 cm³/mol. The van der Waals surface area contributed by atoms with Crippen molar-refractivity contribution in [3.8, 4) is 5.75 Å². The van der Waals surface area contributed by atoms with E-state index in [0.717, 1.165) is 32.8 Å². The molecule has 1 fully saturated rings. The lowest BCUT2D eigenvalue weighted by atomic mass is 10.0. The second-order valence-corrected chi connectivity index (χ2v) is 9.94. The molecule has 0 aromatic heterocycles. The predicted octanol–water partition coefficient (Wildman–Crippen LogP) is 7.16. The monoisotopic (exact) mass is 478 g/mol. The average Bonchev–Trinajstić information content (AvgIpc) is 3.08. The van der Waals surface area contributed by atoms with E-state index in [1.165, 1.54) is 11.8 Å². The van der Waals surface area contributed by atoms with Gasteiger partial charge in [-0.15, -0.1) is 0 Å². The summed E-state index contributed by atoms with van der Waals surface area (Å²) < 4.78 is 6.23. The van der Waals surface area contributed by atoms with Crippen LogP contribution in [0.15, 0.2) is 70.6 Å². The zero-order valence-electron chi connectivity index (χ0n) is 19.2. The van der Waals surface area contributed by atoms with Crippen LogP contribution in [0.25, 0.3) is 16.8 Å². The molecule has 6 heteroatoms. The maximum absolute atomic E-state index is 13.3. The minimum Gasteiger partial charge on any atom is -0.488 e. The fraction of sp³-hybridized carbons (Fsp3) is 0.259. The Hall–Kier alpha value is -2.76. The molecular formula is C27H27ClN2O2S. The fourth-order valence-corrected chi connectivity index (χ4v) is 5.02. The van der Waals surface area contributed by atoms with Crippen LogP contribution in [0.5, 0.6) is 5.75 Å². The van der Waals surface area contributed by atoms with Crippen LogP contribution in [0.4, 0.5) is 0 Å². The molecule has 170 valence electrons. The SMILES string of the molecule is CC(C)N=C1S/C(=C/c2c(OCc3ccc(Cl)cc3)ccc3ccccc23)C(=O)N1C(C)C. The number of rotatable bonds is 6. The maximum Gasteiger partial charge on any atom is 0.266 e. The molecule has 1 aliphatic rings. The highest BCUT2D eigenvalue weighted by atomic mass is 35.5. The topological polar surface area (TPSA) is 41.9 Å². The second-order valence-electron chi connectivity index (χ2n) is 8.50. The lowest BCUT2D eigenvalue weighted by Crippen LogP contribution is -2.35. The Morgan fingerprint density at radius 2 is 1.76 bits per heavy atom. The zero-order chi connectivity index (χ0) is 23.5. The second kappa shape index (κ2) is 10.0. The van der Waals surface area contributed by atoms with E-state index in [1.807, 2.05) is 82.3 Å². The number of hydrogen-bond acceptors (Lipinski definition) is 4. The third-order valence-electron chi connectivity index (χ3n) is 5.24. The molecule has 0 atom stereocenters. The van der Waals surface area contributed by atoms with E-state index in [4.69, 9.17) is 21.3 Å². The van der Waals surface area contributed by atoms with Crippen molar-refractivity contribution in [2.24, 2.45) is 4.99 Å². The lowest BCUT2D eigenvalue weighted by Gasteiger charge is -2.20. The van der Waals surface area contributed by atoms with Gasteiger partial charge in [0.1, 0.15) is 12.4 Å².